The quantitative estimate of drug-likeness (QED) is 0.153. The zero-order valence-corrected chi connectivity index (χ0v) is 25.6. The summed E-state index contributed by atoms with van der Waals surface area (Å²) in [4.78, 5) is 82.6. The van der Waals surface area contributed by atoms with Gasteiger partial charge in [-0.1, -0.05) is 5.92 Å². The van der Waals surface area contributed by atoms with Crippen LogP contribution in [0.3, 0.4) is 0 Å². The highest BCUT2D eigenvalue weighted by atomic mass is 16.4. The zero-order chi connectivity index (χ0) is 34.1. The van der Waals surface area contributed by atoms with Crippen LogP contribution < -0.4 is 15.8 Å². The van der Waals surface area contributed by atoms with Crippen LogP contribution in [0.1, 0.15) is 53.0 Å². The molecule has 0 saturated heterocycles. The SMILES string of the molecule is C#CCN(Cc1cc2c(=O)[nH]c(C)nc2cc1C)c1ccc(C(=O)N[C@@H](CCC(=O)O)C(=O)N(C)[C@@H](CCC(=O)O)C(=O)O)cc1. The number of benzene rings is 2. The summed E-state index contributed by atoms with van der Waals surface area (Å²) in [7, 11) is 1.16. The summed E-state index contributed by atoms with van der Waals surface area (Å²) in [6, 6.07) is 6.99. The van der Waals surface area contributed by atoms with Gasteiger partial charge in [0.25, 0.3) is 11.5 Å². The number of carboxylic acid groups (broad SMARTS) is 3. The number of aliphatic carboxylic acids is 3. The molecule has 0 radical (unpaired) electrons. The lowest BCUT2D eigenvalue weighted by Crippen LogP contribution is -2.52. The van der Waals surface area contributed by atoms with E-state index in [1.165, 1.54) is 12.1 Å². The monoisotopic (exact) mass is 633 g/mol. The van der Waals surface area contributed by atoms with Crippen LogP contribution in [0.25, 0.3) is 10.9 Å². The average molecular weight is 634 g/mol. The molecule has 0 unspecified atom stereocenters. The fraction of sp³-hybridized carbons (Fsp3) is 0.344. The zero-order valence-electron chi connectivity index (χ0n) is 25.6. The van der Waals surface area contributed by atoms with Crippen molar-refractivity contribution in [2.24, 2.45) is 0 Å². The van der Waals surface area contributed by atoms with Crippen LogP contribution in [0.2, 0.25) is 0 Å². The fourth-order valence-corrected chi connectivity index (χ4v) is 4.91. The van der Waals surface area contributed by atoms with Crippen LogP contribution in [0.5, 0.6) is 0 Å². The maximum absolute atomic E-state index is 13.2. The van der Waals surface area contributed by atoms with Gasteiger partial charge in [-0.05, 0) is 74.2 Å². The van der Waals surface area contributed by atoms with Crippen LogP contribution in [-0.4, -0.2) is 85.6 Å². The molecule has 0 aliphatic heterocycles. The number of fused-ring (bicyclic) bond motifs is 1. The van der Waals surface area contributed by atoms with E-state index >= 15 is 0 Å². The van der Waals surface area contributed by atoms with E-state index in [0.717, 1.165) is 23.1 Å². The number of likely N-dealkylation sites (N-methyl/N-ethyl adjacent to an activating group) is 1. The van der Waals surface area contributed by atoms with Crippen molar-refractivity contribution in [1.29, 1.82) is 0 Å². The second-order valence-corrected chi connectivity index (χ2v) is 10.7. The summed E-state index contributed by atoms with van der Waals surface area (Å²) in [6.45, 7) is 4.15. The number of aromatic amines is 1. The van der Waals surface area contributed by atoms with E-state index in [1.807, 2.05) is 17.9 Å². The van der Waals surface area contributed by atoms with Crippen molar-refractivity contribution < 1.29 is 39.3 Å². The number of carbonyl (C=O) groups is 5. The minimum Gasteiger partial charge on any atom is -0.481 e. The Bertz CT molecular complexity index is 1740. The lowest BCUT2D eigenvalue weighted by molar-refractivity contribution is -0.151. The Morgan fingerprint density at radius 2 is 1.63 bits per heavy atom. The van der Waals surface area contributed by atoms with Gasteiger partial charge in [0, 0.05) is 37.7 Å². The molecule has 2 amide bonds. The third-order valence-electron chi connectivity index (χ3n) is 7.40. The summed E-state index contributed by atoms with van der Waals surface area (Å²) in [6.07, 6.45) is 3.92. The van der Waals surface area contributed by atoms with Gasteiger partial charge in [-0.3, -0.25) is 24.0 Å². The molecule has 46 heavy (non-hydrogen) atoms. The van der Waals surface area contributed by atoms with Crippen molar-refractivity contribution in [2.75, 3.05) is 18.5 Å². The highest BCUT2D eigenvalue weighted by Gasteiger charge is 2.32. The second-order valence-electron chi connectivity index (χ2n) is 10.7. The number of nitrogens with one attached hydrogen (secondary N) is 2. The Kier molecular flexibility index (Phi) is 11.6. The molecule has 0 aliphatic rings. The molecule has 1 aromatic heterocycles. The summed E-state index contributed by atoms with van der Waals surface area (Å²) in [5.74, 6) is -2.39. The lowest BCUT2D eigenvalue weighted by atomic mass is 10.0. The third-order valence-corrected chi connectivity index (χ3v) is 7.40. The van der Waals surface area contributed by atoms with E-state index in [1.54, 1.807) is 25.1 Å². The normalized spacial score (nSPS) is 12.0. The molecule has 5 N–H and O–H groups in total. The molecular formula is C32H35N5O9. The number of anilines is 1. The van der Waals surface area contributed by atoms with E-state index in [9.17, 15) is 33.9 Å². The molecule has 1 heterocycles. The summed E-state index contributed by atoms with van der Waals surface area (Å²) in [5, 5.41) is 30.6. The Morgan fingerprint density at radius 1 is 1.00 bits per heavy atom. The van der Waals surface area contributed by atoms with E-state index in [0.29, 0.717) is 29.0 Å². The second kappa shape index (κ2) is 15.3. The molecular weight excluding hydrogens is 598 g/mol. The summed E-state index contributed by atoms with van der Waals surface area (Å²) < 4.78 is 0. The molecule has 242 valence electrons. The number of hydrogen-bond acceptors (Lipinski definition) is 8. The smallest absolute Gasteiger partial charge is 0.326 e. The Labute approximate surface area is 264 Å². The minimum atomic E-state index is -1.50. The van der Waals surface area contributed by atoms with Crippen molar-refractivity contribution >= 4 is 46.3 Å². The first kappa shape index (κ1) is 34.8. The fourth-order valence-electron chi connectivity index (χ4n) is 4.91. The predicted molar refractivity (Wildman–Crippen MR) is 167 cm³/mol. The molecule has 0 aliphatic carbocycles. The first-order valence-corrected chi connectivity index (χ1v) is 14.2. The molecule has 0 spiro atoms. The Balaban J connectivity index is 1.82. The number of nitrogens with zero attached hydrogens (tertiary/aromatic N) is 3. The van der Waals surface area contributed by atoms with Gasteiger partial charge in [0.05, 0.1) is 17.4 Å². The number of carbonyl (C=O) groups excluding carboxylic acids is 2. The molecule has 2 aromatic carbocycles. The van der Waals surface area contributed by atoms with Crippen molar-refractivity contribution in [2.45, 2.75) is 58.2 Å². The van der Waals surface area contributed by atoms with E-state index in [2.05, 4.69) is 21.2 Å². The Morgan fingerprint density at radius 3 is 2.22 bits per heavy atom. The van der Waals surface area contributed by atoms with Gasteiger partial charge in [-0.15, -0.1) is 6.42 Å². The first-order chi connectivity index (χ1) is 21.7. The van der Waals surface area contributed by atoms with Gasteiger partial charge in [0.15, 0.2) is 0 Å². The van der Waals surface area contributed by atoms with Gasteiger partial charge < -0.3 is 35.4 Å². The molecule has 0 fully saturated rings. The first-order valence-electron chi connectivity index (χ1n) is 14.2. The highest BCUT2D eigenvalue weighted by Crippen LogP contribution is 2.22. The highest BCUT2D eigenvalue weighted by molar-refractivity contribution is 5.98. The largest absolute Gasteiger partial charge is 0.481 e. The number of terminal acetylenes is 1. The van der Waals surface area contributed by atoms with Gasteiger partial charge in [0.1, 0.15) is 17.9 Å². The third kappa shape index (κ3) is 8.91. The minimum absolute atomic E-state index is 0.135. The molecule has 3 aromatic rings. The van der Waals surface area contributed by atoms with Gasteiger partial charge in [0.2, 0.25) is 5.91 Å². The summed E-state index contributed by atoms with van der Waals surface area (Å²) >= 11 is 0. The van der Waals surface area contributed by atoms with E-state index in [4.69, 9.17) is 16.6 Å². The molecule has 0 saturated carbocycles. The van der Waals surface area contributed by atoms with Crippen LogP contribution in [0.15, 0.2) is 41.2 Å². The van der Waals surface area contributed by atoms with Crippen LogP contribution >= 0.6 is 0 Å². The van der Waals surface area contributed by atoms with Gasteiger partial charge >= 0.3 is 17.9 Å². The number of H-pyrrole nitrogens is 1. The maximum atomic E-state index is 13.2. The number of aryl methyl sites for hydroxylation is 2. The number of carboxylic acids is 3. The van der Waals surface area contributed by atoms with Crippen molar-refractivity contribution in [1.82, 2.24) is 20.2 Å². The number of hydrogen-bond donors (Lipinski definition) is 5. The summed E-state index contributed by atoms with van der Waals surface area (Å²) in [5.41, 5.74) is 2.85. The molecule has 0 bridgehead atoms. The number of rotatable bonds is 15. The maximum Gasteiger partial charge on any atom is 0.326 e. The standard InChI is InChI=1S/C32H35N5O9/c1-5-14-37(17-21-16-23-25(15-18(21)2)33-19(3)34-30(23)43)22-8-6-20(7-9-22)29(42)35-24(10-12-27(38)39)31(44)36(4)26(32(45)46)11-13-28(40)41/h1,6-9,15-16,24,26H,10-14,17H2,2-4H3,(H,35,42)(H,38,39)(H,40,41)(H,45,46)(H,33,34,43)/t24-,26-/m0/s1. The molecule has 14 heteroatoms. The van der Waals surface area contributed by atoms with Crippen LogP contribution in [0.4, 0.5) is 5.69 Å². The number of amides is 2. The van der Waals surface area contributed by atoms with Gasteiger partial charge in [-0.25, -0.2) is 9.78 Å². The van der Waals surface area contributed by atoms with Crippen molar-refractivity contribution in [3.8, 4) is 12.3 Å². The van der Waals surface area contributed by atoms with Crippen LogP contribution in [-0.2, 0) is 25.7 Å². The molecule has 3 rings (SSSR count). The average Bonchev–Trinajstić information content (AvgIpc) is 2.98. The van der Waals surface area contributed by atoms with E-state index < -0.39 is 54.6 Å². The van der Waals surface area contributed by atoms with E-state index in [-0.39, 0.29) is 30.5 Å². The van der Waals surface area contributed by atoms with Gasteiger partial charge in [-0.2, -0.15) is 0 Å². The number of aromatic nitrogens is 2. The lowest BCUT2D eigenvalue weighted by Gasteiger charge is -2.29. The predicted octanol–water partition coefficient (Wildman–Crippen LogP) is 1.92. The van der Waals surface area contributed by atoms with Crippen molar-refractivity contribution in [3.63, 3.8) is 0 Å². The topological polar surface area (TPSA) is 210 Å². The Hall–Kier alpha value is -5.71. The molecule has 2 atom stereocenters. The van der Waals surface area contributed by atoms with Crippen LogP contribution in [0, 0.1) is 26.2 Å². The van der Waals surface area contributed by atoms with Crippen molar-refractivity contribution in [3.05, 3.63) is 69.3 Å². The molecule has 14 nitrogen and oxygen atoms in total.